The summed E-state index contributed by atoms with van der Waals surface area (Å²) in [5.41, 5.74) is 24.7. The molecule has 0 spiro atoms. The van der Waals surface area contributed by atoms with Gasteiger partial charge in [-0.25, -0.2) is 0 Å². The predicted molar refractivity (Wildman–Crippen MR) is 338 cm³/mol. The number of hydrogen-bond donors (Lipinski definition) is 0. The van der Waals surface area contributed by atoms with Gasteiger partial charge in [-0.15, -0.1) is 0 Å². The molecule has 0 N–H and O–H groups in total. The van der Waals surface area contributed by atoms with Crippen molar-refractivity contribution in [3.05, 3.63) is 238 Å². The van der Waals surface area contributed by atoms with E-state index in [1.165, 1.54) is 89.3 Å². The number of rotatable bonds is 12. The van der Waals surface area contributed by atoms with Gasteiger partial charge in [0.1, 0.15) is 0 Å². The molecule has 8 aromatic carbocycles. The van der Waals surface area contributed by atoms with E-state index in [-0.39, 0.29) is 44.8 Å². The summed E-state index contributed by atoms with van der Waals surface area (Å²) >= 11 is 0. The standard InChI is InChI=1S/2C31H38N2.C12H8N2.2Au/c2*1-20(2)24-13-11-14-25(21(3)4)30(24)32-19-33(29-18-10-9-17-28(29)32)31-26(22(5)6)15-12-16-27(31)23(7)8;1-2-6-10-9(5-1)13-11-7-3-4-8-12(11)14-10;;/h2*9-18,20-23H,1-8H3;1-8H;;/q;;-2;;. The Bertz CT molecular complexity index is 3190. The van der Waals surface area contributed by atoms with E-state index in [1.807, 2.05) is 48.5 Å². The van der Waals surface area contributed by atoms with Crippen LogP contribution >= 0.6 is 0 Å². The van der Waals surface area contributed by atoms with Crippen molar-refractivity contribution in [2.45, 2.75) is 158 Å². The Morgan fingerprint density at radius 3 is 0.744 bits per heavy atom. The van der Waals surface area contributed by atoms with Crippen LogP contribution in [0.1, 0.15) is 203 Å². The summed E-state index contributed by atoms with van der Waals surface area (Å²) in [6.45, 7) is 36.6. The van der Waals surface area contributed by atoms with E-state index in [0.29, 0.717) is 47.3 Å². The first kappa shape index (κ1) is 63.4. The minimum absolute atomic E-state index is 0. The average Bonchev–Trinajstić information content (AvgIpc) is 4.09. The molecule has 0 saturated carbocycles. The van der Waals surface area contributed by atoms with Crippen molar-refractivity contribution in [3.8, 4) is 22.7 Å². The van der Waals surface area contributed by atoms with E-state index in [1.54, 1.807) is 0 Å². The zero-order chi connectivity index (χ0) is 57.1. The Morgan fingerprint density at radius 1 is 0.280 bits per heavy atom. The van der Waals surface area contributed by atoms with E-state index in [9.17, 15) is 0 Å². The number of aromatic nitrogens is 4. The molecule has 6 nitrogen and oxygen atoms in total. The molecule has 1 aliphatic heterocycles. The van der Waals surface area contributed by atoms with Crippen molar-refractivity contribution in [1.82, 2.24) is 9.13 Å². The Kier molecular flexibility index (Phi) is 21.2. The molecule has 11 rings (SSSR count). The molecule has 434 valence electrons. The van der Waals surface area contributed by atoms with Crippen LogP contribution in [0.4, 0.5) is 22.7 Å². The van der Waals surface area contributed by atoms with Crippen molar-refractivity contribution in [1.29, 1.82) is 0 Å². The van der Waals surface area contributed by atoms with Gasteiger partial charge in [0.15, 0.2) is 0 Å². The van der Waals surface area contributed by atoms with Gasteiger partial charge in [0, 0.05) is 44.8 Å². The second-order valence-electron chi connectivity index (χ2n) is 24.1. The second-order valence-corrected chi connectivity index (χ2v) is 24.1. The molecular formula is C74H84Au2N6-2. The molecule has 3 heterocycles. The van der Waals surface area contributed by atoms with Gasteiger partial charge < -0.3 is 10.6 Å². The summed E-state index contributed by atoms with van der Waals surface area (Å²) in [4.78, 5) is 0. The number of hydrogen-bond acceptors (Lipinski definition) is 0. The molecule has 0 fully saturated rings. The molecule has 2 aromatic heterocycles. The van der Waals surface area contributed by atoms with Gasteiger partial charge in [0.25, 0.3) is 12.7 Å². The van der Waals surface area contributed by atoms with E-state index in [0.717, 1.165) is 22.7 Å². The summed E-state index contributed by atoms with van der Waals surface area (Å²) in [7, 11) is 0. The fourth-order valence-corrected chi connectivity index (χ4v) is 11.4. The first-order valence-electron chi connectivity index (χ1n) is 29.4. The van der Waals surface area contributed by atoms with Crippen molar-refractivity contribution in [3.63, 3.8) is 0 Å². The summed E-state index contributed by atoms with van der Waals surface area (Å²) in [6.07, 6.45) is 7.67. The Balaban J connectivity index is 0.000000188. The molecule has 82 heavy (non-hydrogen) atoms. The Morgan fingerprint density at radius 2 is 0.500 bits per heavy atom. The molecule has 0 unspecified atom stereocenters. The SMILES string of the molecule is CC(C)c1cccc(C(C)C)c1-n1[c-][n+](-c2c(C(C)C)cccc2C(C)C)c2ccccc21.CC(C)c1cccc(C(C)C)c1-n1[c-][n+](-c2c(C(C)C)cccc2C(C)C)c2ccccc21.[Au].[Au].c1ccc2c(c1)[N-]c1ccccc1[N-]2. The first-order valence-corrected chi connectivity index (χ1v) is 29.4. The zero-order valence-corrected chi connectivity index (χ0v) is 55.4. The van der Waals surface area contributed by atoms with E-state index < -0.39 is 0 Å². The third-order valence-corrected chi connectivity index (χ3v) is 15.6. The molecule has 0 saturated heterocycles. The Hall–Kier alpha value is -6.22. The largest absolute Gasteiger partial charge is 0.660 e. The minimum Gasteiger partial charge on any atom is -0.660 e. The maximum absolute atomic E-state index is 4.52. The topological polar surface area (TPSA) is 45.8 Å². The first-order chi connectivity index (χ1) is 38.4. The Labute approximate surface area is 522 Å². The van der Waals surface area contributed by atoms with Crippen molar-refractivity contribution in [2.24, 2.45) is 0 Å². The van der Waals surface area contributed by atoms with Gasteiger partial charge in [0.2, 0.25) is 0 Å². The zero-order valence-electron chi connectivity index (χ0n) is 51.1. The minimum atomic E-state index is 0. The molecule has 0 aliphatic carbocycles. The van der Waals surface area contributed by atoms with E-state index >= 15 is 0 Å². The van der Waals surface area contributed by atoms with Crippen LogP contribution in [0.25, 0.3) is 55.4 Å². The number of imidazole rings is 2. The predicted octanol–water partition coefficient (Wildman–Crippen LogP) is 21.1. The van der Waals surface area contributed by atoms with Crippen LogP contribution < -0.4 is 9.13 Å². The van der Waals surface area contributed by atoms with Crippen LogP contribution in [0, 0.1) is 12.7 Å². The van der Waals surface area contributed by atoms with Gasteiger partial charge >= 0.3 is 0 Å². The van der Waals surface area contributed by atoms with Gasteiger partial charge in [-0.2, -0.15) is 22.7 Å². The smallest absolute Gasteiger partial charge is 0.269 e. The van der Waals surface area contributed by atoms with Crippen LogP contribution in [0.2, 0.25) is 0 Å². The van der Waals surface area contributed by atoms with Crippen LogP contribution in [0.15, 0.2) is 170 Å². The van der Waals surface area contributed by atoms with Crippen LogP contribution in [0.5, 0.6) is 0 Å². The van der Waals surface area contributed by atoms with Gasteiger partial charge in [-0.1, -0.05) is 281 Å². The fourth-order valence-electron chi connectivity index (χ4n) is 11.4. The van der Waals surface area contributed by atoms with E-state index in [2.05, 4.69) is 274 Å². The monoisotopic (exact) mass is 1450 g/mol. The number of nitrogens with zero attached hydrogens (tertiary/aromatic N) is 6. The number of benzene rings is 8. The summed E-state index contributed by atoms with van der Waals surface area (Å²) in [5, 5.41) is 9.03. The second kappa shape index (κ2) is 27.4. The van der Waals surface area contributed by atoms with Gasteiger partial charge in [0.05, 0.1) is 44.8 Å². The van der Waals surface area contributed by atoms with Gasteiger partial charge in [-0.05, 0) is 91.9 Å². The third kappa shape index (κ3) is 12.9. The van der Waals surface area contributed by atoms with E-state index in [4.69, 9.17) is 0 Å². The molecular weight excluding hydrogens is 1370 g/mol. The quantitative estimate of drug-likeness (QED) is 0.0665. The summed E-state index contributed by atoms with van der Waals surface area (Å²) < 4.78 is 9.28. The summed E-state index contributed by atoms with van der Waals surface area (Å²) in [6, 6.07) is 60.4. The molecule has 8 heteroatoms. The molecule has 0 atom stereocenters. The maximum atomic E-state index is 4.52. The molecule has 1 aliphatic rings. The van der Waals surface area contributed by atoms with Crippen molar-refractivity contribution in [2.75, 3.05) is 0 Å². The molecule has 0 bridgehead atoms. The molecule has 10 aromatic rings. The molecule has 2 radical (unpaired) electrons. The fraction of sp³-hybridized carbons (Fsp3) is 0.324. The number of fused-ring (bicyclic) bond motifs is 4. The van der Waals surface area contributed by atoms with Crippen LogP contribution in [-0.4, -0.2) is 9.13 Å². The van der Waals surface area contributed by atoms with Crippen LogP contribution in [0.3, 0.4) is 0 Å². The normalized spacial score (nSPS) is 11.8. The van der Waals surface area contributed by atoms with Crippen LogP contribution in [-0.2, 0) is 44.8 Å². The van der Waals surface area contributed by atoms with Crippen molar-refractivity contribution < 1.29 is 53.9 Å². The molecule has 0 amide bonds. The van der Waals surface area contributed by atoms with Gasteiger partial charge in [-0.3, -0.25) is 18.3 Å². The number of para-hydroxylation sites is 12. The third-order valence-electron chi connectivity index (χ3n) is 15.6. The average molecular weight is 1450 g/mol. The van der Waals surface area contributed by atoms with Crippen molar-refractivity contribution >= 4 is 44.8 Å². The maximum Gasteiger partial charge on any atom is 0.269 e. The summed E-state index contributed by atoms with van der Waals surface area (Å²) in [5.74, 6) is 3.41.